The van der Waals surface area contributed by atoms with E-state index in [4.69, 9.17) is 0 Å². The van der Waals surface area contributed by atoms with Crippen molar-refractivity contribution >= 4 is 5.97 Å². The van der Waals surface area contributed by atoms with Crippen LogP contribution in [0.5, 0.6) is 0 Å². The zero-order chi connectivity index (χ0) is 14.1. The van der Waals surface area contributed by atoms with Crippen LogP contribution in [0, 0.1) is 0 Å². The summed E-state index contributed by atoms with van der Waals surface area (Å²) in [6.45, 7) is 7.19. The van der Waals surface area contributed by atoms with E-state index in [1.54, 1.807) is 0 Å². The highest BCUT2D eigenvalue weighted by atomic mass is 16.4. The minimum absolute atomic E-state index is 0.155. The Labute approximate surface area is 115 Å². The predicted molar refractivity (Wildman–Crippen MR) is 76.2 cm³/mol. The summed E-state index contributed by atoms with van der Waals surface area (Å²) in [5, 5.41) is 12.5. The molecule has 1 fully saturated rings. The van der Waals surface area contributed by atoms with Gasteiger partial charge in [0.15, 0.2) is 0 Å². The Morgan fingerprint density at radius 1 is 1.26 bits per heavy atom. The first-order chi connectivity index (χ1) is 8.83. The van der Waals surface area contributed by atoms with Crippen molar-refractivity contribution in [2.75, 3.05) is 0 Å². The summed E-state index contributed by atoms with van der Waals surface area (Å²) in [6, 6.07) is 8.43. The largest absolute Gasteiger partial charge is 0.480 e. The van der Waals surface area contributed by atoms with Crippen LogP contribution in [-0.4, -0.2) is 16.6 Å². The minimum atomic E-state index is -0.718. The topological polar surface area (TPSA) is 49.3 Å². The average molecular weight is 261 g/mol. The molecule has 2 N–H and O–H groups in total. The van der Waals surface area contributed by atoms with Gasteiger partial charge in [0.2, 0.25) is 0 Å². The van der Waals surface area contributed by atoms with Gasteiger partial charge in [-0.1, -0.05) is 45.0 Å². The molecule has 0 saturated heterocycles. The lowest BCUT2D eigenvalue weighted by molar-refractivity contribution is -0.148. The van der Waals surface area contributed by atoms with Gasteiger partial charge in [0, 0.05) is 6.54 Å². The second-order valence-electron chi connectivity index (χ2n) is 6.54. The van der Waals surface area contributed by atoms with Crippen LogP contribution in [-0.2, 0) is 16.8 Å². The van der Waals surface area contributed by atoms with Gasteiger partial charge in [-0.3, -0.25) is 10.1 Å². The van der Waals surface area contributed by atoms with E-state index in [9.17, 15) is 9.90 Å². The zero-order valence-electron chi connectivity index (χ0n) is 12.0. The molecule has 0 spiro atoms. The third kappa shape index (κ3) is 2.98. The van der Waals surface area contributed by atoms with E-state index < -0.39 is 11.5 Å². The Kier molecular flexibility index (Phi) is 3.68. The van der Waals surface area contributed by atoms with Crippen molar-refractivity contribution in [3.8, 4) is 0 Å². The Morgan fingerprint density at radius 2 is 1.84 bits per heavy atom. The van der Waals surface area contributed by atoms with Gasteiger partial charge in [0.05, 0.1) is 0 Å². The van der Waals surface area contributed by atoms with Gasteiger partial charge in [0.25, 0.3) is 0 Å². The molecule has 1 aliphatic carbocycles. The van der Waals surface area contributed by atoms with Gasteiger partial charge in [0.1, 0.15) is 5.54 Å². The number of carboxylic acid groups (broad SMARTS) is 1. The van der Waals surface area contributed by atoms with Gasteiger partial charge >= 0.3 is 5.97 Å². The van der Waals surface area contributed by atoms with Crippen molar-refractivity contribution in [3.05, 3.63) is 35.4 Å². The van der Waals surface area contributed by atoms with Crippen LogP contribution in [0.2, 0.25) is 0 Å². The molecule has 3 nitrogen and oxygen atoms in total. The maximum Gasteiger partial charge on any atom is 0.323 e. The summed E-state index contributed by atoms with van der Waals surface area (Å²) in [7, 11) is 0. The first-order valence-corrected chi connectivity index (χ1v) is 6.91. The monoisotopic (exact) mass is 261 g/mol. The summed E-state index contributed by atoms with van der Waals surface area (Å²) in [5.41, 5.74) is 1.92. The van der Waals surface area contributed by atoms with Gasteiger partial charge in [-0.05, 0) is 35.8 Å². The molecule has 104 valence electrons. The summed E-state index contributed by atoms with van der Waals surface area (Å²) in [5.74, 6) is -0.718. The molecule has 0 heterocycles. The van der Waals surface area contributed by atoms with Crippen molar-refractivity contribution in [3.63, 3.8) is 0 Å². The van der Waals surface area contributed by atoms with E-state index in [-0.39, 0.29) is 5.41 Å². The predicted octanol–water partition coefficient (Wildman–Crippen LogP) is 3.08. The fraction of sp³-hybridized carbons (Fsp3) is 0.562. The number of hydrogen-bond donors (Lipinski definition) is 2. The van der Waals surface area contributed by atoms with Gasteiger partial charge < -0.3 is 5.11 Å². The second kappa shape index (κ2) is 4.97. The summed E-state index contributed by atoms with van der Waals surface area (Å²) >= 11 is 0. The summed E-state index contributed by atoms with van der Waals surface area (Å²) in [4.78, 5) is 11.2. The summed E-state index contributed by atoms with van der Waals surface area (Å²) < 4.78 is 0. The van der Waals surface area contributed by atoms with Gasteiger partial charge in [-0.15, -0.1) is 0 Å². The molecule has 2 rings (SSSR count). The van der Waals surface area contributed by atoms with Crippen molar-refractivity contribution < 1.29 is 9.90 Å². The van der Waals surface area contributed by atoms with Gasteiger partial charge in [-0.25, -0.2) is 0 Å². The third-order valence-corrected chi connectivity index (χ3v) is 4.07. The number of nitrogens with one attached hydrogen (secondary N) is 1. The third-order valence-electron chi connectivity index (χ3n) is 4.07. The normalized spacial score (nSPS) is 17.8. The van der Waals surface area contributed by atoms with Crippen LogP contribution < -0.4 is 5.32 Å². The number of aliphatic carboxylic acids is 1. The molecule has 1 aromatic rings. The number of benzene rings is 1. The van der Waals surface area contributed by atoms with Crippen LogP contribution in [0.1, 0.15) is 51.2 Å². The van der Waals surface area contributed by atoms with Crippen molar-refractivity contribution in [1.82, 2.24) is 5.32 Å². The number of carboxylic acids is 1. The quantitative estimate of drug-likeness (QED) is 0.875. The van der Waals surface area contributed by atoms with Crippen LogP contribution in [0.25, 0.3) is 0 Å². The van der Waals surface area contributed by atoms with Crippen molar-refractivity contribution in [1.29, 1.82) is 0 Å². The van der Waals surface area contributed by atoms with E-state index >= 15 is 0 Å². The lowest BCUT2D eigenvalue weighted by Gasteiger charge is -2.38. The molecule has 1 aliphatic rings. The SMILES string of the molecule is CC(C)(C)c1ccc(CNC2(C(=O)O)CCC2)cc1. The molecule has 0 radical (unpaired) electrons. The molecular formula is C16H23NO2. The highest BCUT2D eigenvalue weighted by Gasteiger charge is 2.43. The molecular weight excluding hydrogens is 238 g/mol. The van der Waals surface area contributed by atoms with Crippen LogP contribution in [0.15, 0.2) is 24.3 Å². The van der Waals surface area contributed by atoms with E-state index in [1.807, 2.05) is 0 Å². The highest BCUT2D eigenvalue weighted by molar-refractivity contribution is 5.79. The molecule has 0 bridgehead atoms. The minimum Gasteiger partial charge on any atom is -0.480 e. The number of hydrogen-bond acceptors (Lipinski definition) is 2. The smallest absolute Gasteiger partial charge is 0.323 e. The maximum atomic E-state index is 11.2. The van der Waals surface area contributed by atoms with Crippen molar-refractivity contribution in [2.24, 2.45) is 0 Å². The molecule has 19 heavy (non-hydrogen) atoms. The first kappa shape index (κ1) is 14.1. The Hall–Kier alpha value is -1.35. The average Bonchev–Trinajstić information content (AvgIpc) is 2.26. The maximum absolute atomic E-state index is 11.2. The second-order valence-corrected chi connectivity index (χ2v) is 6.54. The zero-order valence-corrected chi connectivity index (χ0v) is 12.0. The van der Waals surface area contributed by atoms with Crippen LogP contribution in [0.3, 0.4) is 0 Å². The molecule has 0 atom stereocenters. The van der Waals surface area contributed by atoms with E-state index in [0.717, 1.165) is 24.8 Å². The lowest BCUT2D eigenvalue weighted by atomic mass is 9.76. The van der Waals surface area contributed by atoms with E-state index in [2.05, 4.69) is 50.4 Å². The summed E-state index contributed by atoms with van der Waals surface area (Å²) in [6.07, 6.45) is 2.48. The molecule has 1 saturated carbocycles. The fourth-order valence-corrected chi connectivity index (χ4v) is 2.39. The van der Waals surface area contributed by atoms with Crippen molar-refractivity contribution in [2.45, 2.75) is 57.5 Å². The first-order valence-electron chi connectivity index (χ1n) is 6.91. The Bertz CT molecular complexity index is 453. The van der Waals surface area contributed by atoms with E-state index in [0.29, 0.717) is 6.54 Å². The standard InChI is InChI=1S/C16H23NO2/c1-15(2,3)13-7-5-12(6-8-13)11-17-16(14(18)19)9-4-10-16/h5-8,17H,4,9-11H2,1-3H3,(H,18,19). The van der Waals surface area contributed by atoms with Crippen LogP contribution in [0.4, 0.5) is 0 Å². The number of carbonyl (C=O) groups is 1. The molecule has 0 aromatic heterocycles. The van der Waals surface area contributed by atoms with Crippen LogP contribution >= 0.6 is 0 Å². The Morgan fingerprint density at radius 3 is 2.21 bits per heavy atom. The fourth-order valence-electron chi connectivity index (χ4n) is 2.39. The van der Waals surface area contributed by atoms with Gasteiger partial charge in [-0.2, -0.15) is 0 Å². The lowest BCUT2D eigenvalue weighted by Crippen LogP contribution is -2.56. The molecule has 0 unspecified atom stereocenters. The molecule has 0 amide bonds. The Balaban J connectivity index is 1.99. The molecule has 3 heteroatoms. The number of rotatable bonds is 4. The molecule has 0 aliphatic heterocycles. The molecule has 1 aromatic carbocycles. The van der Waals surface area contributed by atoms with E-state index in [1.165, 1.54) is 5.56 Å². The highest BCUT2D eigenvalue weighted by Crippen LogP contribution is 2.32.